The van der Waals surface area contributed by atoms with Gasteiger partial charge in [-0.2, -0.15) is 0 Å². The Balaban J connectivity index is 2.11. The maximum atomic E-state index is 5.19. The lowest BCUT2D eigenvalue weighted by molar-refractivity contribution is 0.136. The van der Waals surface area contributed by atoms with Crippen LogP contribution in [0.15, 0.2) is 30.3 Å². The zero-order valence-corrected chi connectivity index (χ0v) is 12.2. The molecular formula is C16H26N2O. The van der Waals surface area contributed by atoms with Crippen LogP contribution >= 0.6 is 0 Å². The van der Waals surface area contributed by atoms with E-state index in [-0.39, 0.29) is 0 Å². The molecule has 0 spiro atoms. The molecule has 2 rings (SSSR count). The van der Waals surface area contributed by atoms with E-state index in [9.17, 15) is 0 Å². The van der Waals surface area contributed by atoms with Crippen molar-refractivity contribution in [2.45, 2.75) is 18.3 Å². The fourth-order valence-electron chi connectivity index (χ4n) is 3.08. The van der Waals surface area contributed by atoms with Gasteiger partial charge in [0.15, 0.2) is 0 Å². The number of nitrogens with one attached hydrogen (secondary N) is 1. The van der Waals surface area contributed by atoms with Crippen molar-refractivity contribution in [1.29, 1.82) is 0 Å². The van der Waals surface area contributed by atoms with Gasteiger partial charge in [-0.3, -0.25) is 0 Å². The van der Waals surface area contributed by atoms with E-state index >= 15 is 0 Å². The minimum absolute atomic E-state index is 0.301. The monoisotopic (exact) mass is 262 g/mol. The number of methoxy groups -OCH3 is 1. The minimum Gasteiger partial charge on any atom is -0.383 e. The molecule has 1 fully saturated rings. The number of ether oxygens (including phenoxy) is 1. The molecule has 3 nitrogen and oxygen atoms in total. The van der Waals surface area contributed by atoms with Crippen LogP contribution in [0.1, 0.15) is 18.4 Å². The topological polar surface area (TPSA) is 24.5 Å². The molecule has 0 atom stereocenters. The highest BCUT2D eigenvalue weighted by Gasteiger charge is 2.34. The summed E-state index contributed by atoms with van der Waals surface area (Å²) in [6.07, 6.45) is 2.43. The van der Waals surface area contributed by atoms with Gasteiger partial charge in [0.1, 0.15) is 0 Å². The molecule has 1 N–H and O–H groups in total. The van der Waals surface area contributed by atoms with Crippen LogP contribution in [0.5, 0.6) is 0 Å². The van der Waals surface area contributed by atoms with Crippen molar-refractivity contribution < 1.29 is 4.74 Å². The molecule has 1 aromatic rings. The summed E-state index contributed by atoms with van der Waals surface area (Å²) in [5.74, 6) is 0. The molecule has 3 heteroatoms. The molecule has 19 heavy (non-hydrogen) atoms. The quantitative estimate of drug-likeness (QED) is 0.847. The van der Waals surface area contributed by atoms with Crippen LogP contribution in [0.3, 0.4) is 0 Å². The molecule has 106 valence electrons. The molecule has 0 bridgehead atoms. The zero-order chi connectivity index (χ0) is 13.6. The van der Waals surface area contributed by atoms with E-state index in [2.05, 4.69) is 47.6 Å². The van der Waals surface area contributed by atoms with E-state index in [4.69, 9.17) is 4.74 Å². The lowest BCUT2D eigenvalue weighted by atomic mass is 9.73. The lowest BCUT2D eigenvalue weighted by Gasteiger charge is -2.41. The van der Waals surface area contributed by atoms with Gasteiger partial charge in [-0.25, -0.2) is 0 Å². The molecule has 1 aliphatic rings. The maximum absolute atomic E-state index is 5.19. The van der Waals surface area contributed by atoms with E-state index < -0.39 is 0 Å². The van der Waals surface area contributed by atoms with Gasteiger partial charge in [-0.15, -0.1) is 0 Å². The molecule has 1 saturated heterocycles. The molecule has 0 unspecified atom stereocenters. The van der Waals surface area contributed by atoms with Crippen molar-refractivity contribution in [2.75, 3.05) is 46.9 Å². The van der Waals surface area contributed by atoms with Gasteiger partial charge in [0.2, 0.25) is 0 Å². The number of likely N-dealkylation sites (N-methyl/N-ethyl adjacent to an activating group) is 1. The van der Waals surface area contributed by atoms with Crippen molar-refractivity contribution in [2.24, 2.45) is 0 Å². The third-order valence-corrected chi connectivity index (χ3v) is 4.20. The van der Waals surface area contributed by atoms with Gasteiger partial charge < -0.3 is 15.0 Å². The van der Waals surface area contributed by atoms with Gasteiger partial charge in [-0.05, 0) is 38.5 Å². The summed E-state index contributed by atoms with van der Waals surface area (Å²) in [6.45, 7) is 5.15. The summed E-state index contributed by atoms with van der Waals surface area (Å²) < 4.78 is 5.19. The Morgan fingerprint density at radius 3 is 2.53 bits per heavy atom. The Morgan fingerprint density at radius 1 is 1.21 bits per heavy atom. The lowest BCUT2D eigenvalue weighted by Crippen LogP contribution is -2.47. The van der Waals surface area contributed by atoms with Crippen molar-refractivity contribution in [3.8, 4) is 0 Å². The molecular weight excluding hydrogens is 236 g/mol. The Labute approximate surface area is 116 Å². The number of nitrogens with zero attached hydrogens (tertiary/aromatic N) is 1. The average molecular weight is 262 g/mol. The fourth-order valence-corrected chi connectivity index (χ4v) is 3.08. The van der Waals surface area contributed by atoms with Crippen LogP contribution in [0.2, 0.25) is 0 Å². The van der Waals surface area contributed by atoms with E-state index in [0.29, 0.717) is 5.41 Å². The van der Waals surface area contributed by atoms with E-state index in [0.717, 1.165) is 32.8 Å². The SMILES string of the molecule is COCCN(C)CC1(c2ccccc2)CCNCC1. The number of hydrogen-bond donors (Lipinski definition) is 1. The third-order valence-electron chi connectivity index (χ3n) is 4.20. The molecule has 0 saturated carbocycles. The average Bonchev–Trinajstić information content (AvgIpc) is 2.47. The number of hydrogen-bond acceptors (Lipinski definition) is 3. The second-order valence-electron chi connectivity index (χ2n) is 5.63. The van der Waals surface area contributed by atoms with Crippen LogP contribution < -0.4 is 5.32 Å². The second-order valence-corrected chi connectivity index (χ2v) is 5.63. The first-order valence-corrected chi connectivity index (χ1v) is 7.21. The van der Waals surface area contributed by atoms with Crippen molar-refractivity contribution >= 4 is 0 Å². The first kappa shape index (κ1) is 14.5. The largest absolute Gasteiger partial charge is 0.383 e. The summed E-state index contributed by atoms with van der Waals surface area (Å²) in [7, 11) is 3.97. The predicted octanol–water partition coefficient (Wildman–Crippen LogP) is 1.89. The molecule has 0 radical (unpaired) electrons. The highest BCUT2D eigenvalue weighted by Crippen LogP contribution is 2.34. The fraction of sp³-hybridized carbons (Fsp3) is 0.625. The van der Waals surface area contributed by atoms with E-state index in [1.165, 1.54) is 18.4 Å². The van der Waals surface area contributed by atoms with E-state index in [1.54, 1.807) is 7.11 Å². The van der Waals surface area contributed by atoms with E-state index in [1.807, 2.05) is 0 Å². The second kappa shape index (κ2) is 7.04. The highest BCUT2D eigenvalue weighted by atomic mass is 16.5. The smallest absolute Gasteiger partial charge is 0.0589 e. The Hall–Kier alpha value is -0.900. The van der Waals surface area contributed by atoms with Crippen molar-refractivity contribution in [3.05, 3.63) is 35.9 Å². The molecule has 0 aromatic heterocycles. The molecule has 1 aliphatic heterocycles. The van der Waals surface area contributed by atoms with Crippen LogP contribution in [0.25, 0.3) is 0 Å². The normalized spacial score (nSPS) is 18.7. The molecule has 0 amide bonds. The number of piperidine rings is 1. The molecule has 0 aliphatic carbocycles. The summed E-state index contributed by atoms with van der Waals surface area (Å²) in [6, 6.07) is 11.0. The maximum Gasteiger partial charge on any atom is 0.0589 e. The molecule has 1 heterocycles. The van der Waals surface area contributed by atoms with Crippen LogP contribution in [-0.2, 0) is 10.2 Å². The Morgan fingerprint density at radius 2 is 1.89 bits per heavy atom. The standard InChI is InChI=1S/C16H26N2O/c1-18(12-13-19-2)14-16(8-10-17-11-9-16)15-6-4-3-5-7-15/h3-7,17H,8-14H2,1-2H3. The number of rotatable bonds is 6. The van der Waals surface area contributed by atoms with Crippen LogP contribution in [0.4, 0.5) is 0 Å². The van der Waals surface area contributed by atoms with Gasteiger partial charge in [0.05, 0.1) is 6.61 Å². The van der Waals surface area contributed by atoms with Gasteiger partial charge in [0, 0.05) is 25.6 Å². The highest BCUT2D eigenvalue weighted by molar-refractivity contribution is 5.27. The summed E-state index contributed by atoms with van der Waals surface area (Å²) in [4.78, 5) is 2.40. The van der Waals surface area contributed by atoms with Gasteiger partial charge in [-0.1, -0.05) is 30.3 Å². The van der Waals surface area contributed by atoms with Gasteiger partial charge in [0.25, 0.3) is 0 Å². The third kappa shape index (κ3) is 3.78. The van der Waals surface area contributed by atoms with Gasteiger partial charge >= 0.3 is 0 Å². The Bertz CT molecular complexity index is 360. The summed E-state index contributed by atoms with van der Waals surface area (Å²) >= 11 is 0. The van der Waals surface area contributed by atoms with Crippen LogP contribution in [0, 0.1) is 0 Å². The number of benzene rings is 1. The van der Waals surface area contributed by atoms with Crippen molar-refractivity contribution in [3.63, 3.8) is 0 Å². The predicted molar refractivity (Wildman–Crippen MR) is 79.6 cm³/mol. The molecule has 1 aromatic carbocycles. The van der Waals surface area contributed by atoms with Crippen molar-refractivity contribution in [1.82, 2.24) is 10.2 Å². The summed E-state index contributed by atoms with van der Waals surface area (Å²) in [5, 5.41) is 3.48. The first-order valence-electron chi connectivity index (χ1n) is 7.21. The first-order chi connectivity index (χ1) is 9.27. The minimum atomic E-state index is 0.301. The zero-order valence-electron chi connectivity index (χ0n) is 12.2. The van der Waals surface area contributed by atoms with Crippen LogP contribution in [-0.4, -0.2) is 51.8 Å². The Kier molecular flexibility index (Phi) is 5.37. The summed E-state index contributed by atoms with van der Waals surface area (Å²) in [5.41, 5.74) is 1.79.